The Hall–Kier alpha value is -2.47. The Bertz CT molecular complexity index is 836. The lowest BCUT2D eigenvalue weighted by molar-refractivity contribution is 0.0996. The van der Waals surface area contributed by atoms with E-state index < -0.39 is 0 Å². The fourth-order valence-electron chi connectivity index (χ4n) is 3.62. The van der Waals surface area contributed by atoms with Crippen LogP contribution in [0.25, 0.3) is 0 Å². The van der Waals surface area contributed by atoms with Crippen molar-refractivity contribution in [3.05, 3.63) is 64.7 Å². The summed E-state index contributed by atoms with van der Waals surface area (Å²) in [5, 5.41) is 12.6. The molecule has 0 N–H and O–H groups in total. The topological polar surface area (TPSA) is 74.2 Å². The largest absolute Gasteiger partial charge is 0.424 e. The number of hydrogen-bond donors (Lipinski definition) is 0. The van der Waals surface area contributed by atoms with Gasteiger partial charge in [0, 0.05) is 12.2 Å². The summed E-state index contributed by atoms with van der Waals surface area (Å²) in [6.45, 7) is 6.56. The molecule has 1 aliphatic rings. The molecule has 0 saturated carbocycles. The van der Waals surface area contributed by atoms with E-state index in [0.29, 0.717) is 18.4 Å². The zero-order valence-electron chi connectivity index (χ0n) is 14.6. The molecule has 3 atom stereocenters. The average Bonchev–Trinajstić information content (AvgIpc) is 3.35. The molecule has 3 heterocycles. The fraction of sp³-hybridized carbons (Fsp3) is 0.421. The molecular weight excluding hydrogens is 318 g/mol. The van der Waals surface area contributed by atoms with Crippen LogP contribution in [0.2, 0.25) is 0 Å². The highest BCUT2D eigenvalue weighted by molar-refractivity contribution is 5.29. The van der Waals surface area contributed by atoms with Gasteiger partial charge in [-0.05, 0) is 32.8 Å². The number of aromatic nitrogens is 3. The zero-order valence-corrected chi connectivity index (χ0v) is 14.6. The summed E-state index contributed by atoms with van der Waals surface area (Å²) < 4.78 is 17.2. The van der Waals surface area contributed by atoms with Crippen molar-refractivity contribution < 1.29 is 13.7 Å². The number of ether oxygens (including phenoxy) is 1. The molecule has 0 amide bonds. The lowest BCUT2D eigenvalue weighted by Gasteiger charge is -2.15. The quantitative estimate of drug-likeness (QED) is 0.713. The molecule has 4 rings (SSSR count). The van der Waals surface area contributed by atoms with E-state index in [-0.39, 0.29) is 17.9 Å². The molecule has 0 unspecified atom stereocenters. The van der Waals surface area contributed by atoms with E-state index in [1.54, 1.807) is 0 Å². The minimum Gasteiger partial charge on any atom is -0.424 e. The van der Waals surface area contributed by atoms with Gasteiger partial charge in [0.25, 0.3) is 0 Å². The highest BCUT2D eigenvalue weighted by atomic mass is 16.5. The van der Waals surface area contributed by atoms with E-state index in [0.717, 1.165) is 29.0 Å². The van der Waals surface area contributed by atoms with Gasteiger partial charge >= 0.3 is 0 Å². The Morgan fingerprint density at radius 3 is 2.64 bits per heavy atom. The SMILES string of the molecule is Cc1noc(C)c1[C@H](C)c1nnc([C@H]2CCO[C@@H]2c2ccccc2)o1. The predicted octanol–water partition coefficient (Wildman–Crippen LogP) is 4.07. The van der Waals surface area contributed by atoms with Crippen LogP contribution in [0.5, 0.6) is 0 Å². The van der Waals surface area contributed by atoms with Crippen LogP contribution in [0.3, 0.4) is 0 Å². The molecule has 25 heavy (non-hydrogen) atoms. The third-order valence-electron chi connectivity index (χ3n) is 4.89. The molecule has 2 aromatic heterocycles. The normalized spacial score (nSPS) is 21.6. The maximum absolute atomic E-state index is 6.04. The average molecular weight is 339 g/mol. The number of nitrogens with zero attached hydrogens (tertiary/aromatic N) is 3. The Morgan fingerprint density at radius 1 is 1.12 bits per heavy atom. The highest BCUT2D eigenvalue weighted by Gasteiger charge is 2.35. The molecule has 1 saturated heterocycles. The first-order valence-electron chi connectivity index (χ1n) is 8.57. The van der Waals surface area contributed by atoms with Gasteiger partial charge in [-0.3, -0.25) is 0 Å². The smallest absolute Gasteiger partial charge is 0.223 e. The van der Waals surface area contributed by atoms with Gasteiger partial charge in [0.2, 0.25) is 11.8 Å². The van der Waals surface area contributed by atoms with Gasteiger partial charge < -0.3 is 13.7 Å². The number of rotatable bonds is 4. The lowest BCUT2D eigenvalue weighted by atomic mass is 9.95. The number of aryl methyl sites for hydroxylation is 2. The standard InChI is InChI=1S/C19H21N3O3/c1-11(16-12(2)22-25-13(16)3)18-20-21-19(24-18)15-9-10-23-17(15)14-7-5-4-6-8-14/h4-8,11,15,17H,9-10H2,1-3H3/t11-,15-,17+/m0/s1. The predicted molar refractivity (Wildman–Crippen MR) is 90.3 cm³/mol. The van der Waals surface area contributed by atoms with Gasteiger partial charge in [0.15, 0.2) is 0 Å². The Kier molecular flexibility index (Phi) is 4.13. The summed E-state index contributed by atoms with van der Waals surface area (Å²) in [6.07, 6.45) is 0.838. The third kappa shape index (κ3) is 2.87. The van der Waals surface area contributed by atoms with E-state index in [9.17, 15) is 0 Å². The minimum absolute atomic E-state index is 0.0381. The van der Waals surface area contributed by atoms with Gasteiger partial charge in [-0.15, -0.1) is 10.2 Å². The van der Waals surface area contributed by atoms with Gasteiger partial charge in [-0.25, -0.2) is 0 Å². The maximum Gasteiger partial charge on any atom is 0.223 e. The van der Waals surface area contributed by atoms with E-state index in [1.165, 1.54) is 0 Å². The van der Waals surface area contributed by atoms with Gasteiger partial charge in [-0.2, -0.15) is 0 Å². The molecule has 130 valence electrons. The summed E-state index contributed by atoms with van der Waals surface area (Å²) in [5.74, 6) is 2.05. The Labute approximate surface area is 146 Å². The number of hydrogen-bond acceptors (Lipinski definition) is 6. The Morgan fingerprint density at radius 2 is 1.92 bits per heavy atom. The monoisotopic (exact) mass is 339 g/mol. The van der Waals surface area contributed by atoms with Gasteiger partial charge in [0.05, 0.1) is 23.6 Å². The summed E-state index contributed by atoms with van der Waals surface area (Å²) in [7, 11) is 0. The van der Waals surface area contributed by atoms with Crippen molar-refractivity contribution in [2.45, 2.75) is 45.1 Å². The molecule has 6 nitrogen and oxygen atoms in total. The first-order chi connectivity index (χ1) is 12.1. The molecule has 1 aliphatic heterocycles. The maximum atomic E-state index is 6.04. The molecule has 1 aromatic carbocycles. The van der Waals surface area contributed by atoms with Crippen molar-refractivity contribution in [3.8, 4) is 0 Å². The molecule has 1 fully saturated rings. The van der Waals surface area contributed by atoms with Crippen LogP contribution >= 0.6 is 0 Å². The van der Waals surface area contributed by atoms with Crippen molar-refractivity contribution >= 4 is 0 Å². The second kappa shape index (κ2) is 6.44. The van der Waals surface area contributed by atoms with Gasteiger partial charge in [0.1, 0.15) is 5.76 Å². The van der Waals surface area contributed by atoms with Crippen LogP contribution in [-0.4, -0.2) is 22.0 Å². The second-order valence-corrected chi connectivity index (χ2v) is 6.54. The third-order valence-corrected chi connectivity index (χ3v) is 4.89. The summed E-state index contributed by atoms with van der Waals surface area (Å²) >= 11 is 0. The van der Waals surface area contributed by atoms with E-state index in [2.05, 4.69) is 27.5 Å². The van der Waals surface area contributed by atoms with Crippen LogP contribution in [0.4, 0.5) is 0 Å². The summed E-state index contributed by atoms with van der Waals surface area (Å²) in [6, 6.07) is 10.2. The first kappa shape index (κ1) is 16.0. The van der Waals surface area contributed by atoms with Crippen molar-refractivity contribution in [2.24, 2.45) is 0 Å². The molecule has 0 aliphatic carbocycles. The van der Waals surface area contributed by atoms with Crippen LogP contribution in [0, 0.1) is 13.8 Å². The molecule has 0 radical (unpaired) electrons. The fourth-order valence-corrected chi connectivity index (χ4v) is 3.62. The lowest BCUT2D eigenvalue weighted by Crippen LogP contribution is -2.06. The van der Waals surface area contributed by atoms with Crippen LogP contribution < -0.4 is 0 Å². The zero-order chi connectivity index (χ0) is 17.4. The molecular formula is C19H21N3O3. The second-order valence-electron chi connectivity index (χ2n) is 6.54. The summed E-state index contributed by atoms with van der Waals surface area (Å²) in [5.41, 5.74) is 3.01. The van der Waals surface area contributed by atoms with Crippen molar-refractivity contribution in [3.63, 3.8) is 0 Å². The number of benzene rings is 1. The van der Waals surface area contributed by atoms with E-state index in [4.69, 9.17) is 13.7 Å². The highest BCUT2D eigenvalue weighted by Crippen LogP contribution is 2.41. The van der Waals surface area contributed by atoms with E-state index in [1.807, 2.05) is 39.0 Å². The first-order valence-corrected chi connectivity index (χ1v) is 8.57. The van der Waals surface area contributed by atoms with E-state index >= 15 is 0 Å². The molecule has 6 heteroatoms. The van der Waals surface area contributed by atoms with Gasteiger partial charge in [-0.1, -0.05) is 35.5 Å². The van der Waals surface area contributed by atoms with Crippen LogP contribution in [0.15, 0.2) is 39.3 Å². The Balaban J connectivity index is 1.61. The minimum atomic E-state index is -0.0509. The molecule has 0 spiro atoms. The molecule has 0 bridgehead atoms. The summed E-state index contributed by atoms with van der Waals surface area (Å²) in [4.78, 5) is 0. The van der Waals surface area contributed by atoms with Crippen LogP contribution in [-0.2, 0) is 4.74 Å². The van der Waals surface area contributed by atoms with Crippen molar-refractivity contribution in [1.29, 1.82) is 0 Å². The van der Waals surface area contributed by atoms with Crippen molar-refractivity contribution in [1.82, 2.24) is 15.4 Å². The molecule has 3 aromatic rings. The van der Waals surface area contributed by atoms with Crippen LogP contribution in [0.1, 0.15) is 65.6 Å². The van der Waals surface area contributed by atoms with Crippen molar-refractivity contribution in [2.75, 3.05) is 6.61 Å².